The Bertz CT molecular complexity index is 819. The molecule has 4 fully saturated rings. The van der Waals surface area contributed by atoms with Crippen LogP contribution in [0.4, 0.5) is 0 Å². The van der Waals surface area contributed by atoms with Crippen molar-refractivity contribution in [2.24, 2.45) is 40.4 Å². The number of ketones is 1. The number of aliphatic hydroxyl groups excluding tert-OH is 1. The highest BCUT2D eigenvalue weighted by Crippen LogP contribution is 2.67. The maximum Gasteiger partial charge on any atom is 0.159 e. The summed E-state index contributed by atoms with van der Waals surface area (Å²) in [5.41, 5.74) is 1.62. The molecule has 0 aliphatic heterocycles. The fraction of sp³-hybridized carbons (Fsp3) is 0.704. The van der Waals surface area contributed by atoms with Crippen LogP contribution >= 0.6 is 0 Å². The molecule has 0 radical (unpaired) electrons. The van der Waals surface area contributed by atoms with E-state index in [2.05, 4.69) is 18.8 Å². The lowest BCUT2D eigenvalue weighted by molar-refractivity contribution is -0.136. The summed E-state index contributed by atoms with van der Waals surface area (Å²) in [7, 11) is 0. The smallest absolute Gasteiger partial charge is 0.159 e. The van der Waals surface area contributed by atoms with Crippen molar-refractivity contribution in [1.29, 1.82) is 0 Å². The first-order valence-corrected chi connectivity index (χ1v) is 12.2. The quantitative estimate of drug-likeness (QED) is 0.656. The van der Waals surface area contributed by atoms with Gasteiger partial charge in [0.2, 0.25) is 0 Å². The van der Waals surface area contributed by atoms with Gasteiger partial charge in [-0.1, -0.05) is 19.9 Å². The molecule has 0 saturated heterocycles. The minimum Gasteiger partial charge on any atom is -0.393 e. The molecule has 0 spiro atoms. The van der Waals surface area contributed by atoms with Gasteiger partial charge in [0.15, 0.2) is 5.78 Å². The molecule has 1 aromatic heterocycles. The van der Waals surface area contributed by atoms with E-state index in [4.69, 9.17) is 0 Å². The van der Waals surface area contributed by atoms with Crippen LogP contribution in [-0.2, 0) is 4.79 Å². The van der Waals surface area contributed by atoms with Crippen molar-refractivity contribution in [3.63, 3.8) is 0 Å². The normalized spacial score (nSPS) is 45.6. The van der Waals surface area contributed by atoms with Crippen molar-refractivity contribution < 1.29 is 9.90 Å². The zero-order chi connectivity index (χ0) is 20.9. The average molecular weight is 408 g/mol. The predicted octanol–water partition coefficient (Wildman–Crippen LogP) is 5.68. The van der Waals surface area contributed by atoms with Gasteiger partial charge in [0.25, 0.3) is 0 Å². The van der Waals surface area contributed by atoms with Crippen LogP contribution in [0, 0.1) is 40.4 Å². The van der Waals surface area contributed by atoms with Crippen LogP contribution < -0.4 is 0 Å². The third kappa shape index (κ3) is 3.20. The van der Waals surface area contributed by atoms with Crippen molar-refractivity contribution in [2.45, 2.75) is 77.7 Å². The Kier molecular flexibility index (Phi) is 5.16. The number of allylic oxidation sites excluding steroid dienone is 1. The van der Waals surface area contributed by atoms with Crippen LogP contribution in [0.3, 0.4) is 0 Å². The summed E-state index contributed by atoms with van der Waals surface area (Å²) in [5.74, 6) is 3.49. The first-order chi connectivity index (χ1) is 14.4. The maximum atomic E-state index is 13.2. The second-order valence-corrected chi connectivity index (χ2v) is 11.3. The van der Waals surface area contributed by atoms with E-state index in [0.717, 1.165) is 36.7 Å². The van der Waals surface area contributed by atoms with Gasteiger partial charge in [0, 0.05) is 18.3 Å². The average Bonchev–Trinajstić information content (AvgIpc) is 3.10. The number of aromatic nitrogens is 1. The monoisotopic (exact) mass is 407 g/mol. The zero-order valence-electron chi connectivity index (χ0n) is 18.6. The number of rotatable bonds is 3. The molecule has 4 saturated carbocycles. The lowest BCUT2D eigenvalue weighted by atomic mass is 9.44. The van der Waals surface area contributed by atoms with Crippen molar-refractivity contribution in [3.8, 4) is 0 Å². The minimum absolute atomic E-state index is 0.0749. The van der Waals surface area contributed by atoms with Gasteiger partial charge in [0.05, 0.1) is 6.10 Å². The minimum atomic E-state index is -0.0749. The highest BCUT2D eigenvalue weighted by molar-refractivity contribution is 5.96. The molecule has 8 atom stereocenters. The van der Waals surface area contributed by atoms with Gasteiger partial charge >= 0.3 is 0 Å². The first-order valence-electron chi connectivity index (χ1n) is 12.2. The molecule has 3 nitrogen and oxygen atoms in total. The number of nitrogens with zero attached hydrogens (tertiary/aromatic N) is 1. The predicted molar refractivity (Wildman–Crippen MR) is 120 cm³/mol. The molecule has 2 unspecified atom stereocenters. The summed E-state index contributed by atoms with van der Waals surface area (Å²) in [6, 6.07) is 3.91. The molecule has 1 N–H and O–H groups in total. The van der Waals surface area contributed by atoms with Crippen molar-refractivity contribution >= 4 is 11.9 Å². The topological polar surface area (TPSA) is 50.2 Å². The van der Waals surface area contributed by atoms with Crippen LogP contribution in [0.5, 0.6) is 0 Å². The maximum absolute atomic E-state index is 13.2. The van der Waals surface area contributed by atoms with Crippen molar-refractivity contribution in [1.82, 2.24) is 4.98 Å². The van der Waals surface area contributed by atoms with Crippen LogP contribution in [0.2, 0.25) is 0 Å². The summed E-state index contributed by atoms with van der Waals surface area (Å²) in [6.07, 6.45) is 17.8. The molecule has 30 heavy (non-hydrogen) atoms. The van der Waals surface area contributed by atoms with Gasteiger partial charge in [-0.2, -0.15) is 0 Å². The summed E-state index contributed by atoms with van der Waals surface area (Å²) >= 11 is 0. The van der Waals surface area contributed by atoms with Crippen LogP contribution in [0.25, 0.3) is 6.08 Å². The molecular weight excluding hydrogens is 370 g/mol. The number of pyridine rings is 1. The molecule has 4 aliphatic rings. The van der Waals surface area contributed by atoms with E-state index in [0.29, 0.717) is 23.0 Å². The number of hydrogen-bond acceptors (Lipinski definition) is 3. The molecule has 0 amide bonds. The van der Waals surface area contributed by atoms with Crippen LogP contribution in [0.1, 0.15) is 77.2 Å². The van der Waals surface area contributed by atoms with E-state index in [1.54, 1.807) is 12.4 Å². The Morgan fingerprint density at radius 1 is 1.00 bits per heavy atom. The number of aliphatic hydroxyl groups is 1. The highest BCUT2D eigenvalue weighted by Gasteiger charge is 2.60. The van der Waals surface area contributed by atoms with Crippen molar-refractivity contribution in [3.05, 3.63) is 36.2 Å². The largest absolute Gasteiger partial charge is 0.393 e. The summed E-state index contributed by atoms with van der Waals surface area (Å²) < 4.78 is 0. The fourth-order valence-electron chi connectivity index (χ4n) is 8.47. The molecule has 5 rings (SSSR count). The second kappa shape index (κ2) is 7.58. The van der Waals surface area contributed by atoms with Gasteiger partial charge < -0.3 is 5.11 Å². The van der Waals surface area contributed by atoms with E-state index >= 15 is 0 Å². The molecule has 1 aromatic rings. The SMILES string of the molecule is C[C@]12CC[C@H]3[C@@H](CCC4CC(O)CC[C@@]43C)[C@@H]1CC[C@@H]2C(=O)C=Cc1ccncc1. The third-order valence-electron chi connectivity index (χ3n) is 10.1. The van der Waals surface area contributed by atoms with E-state index in [9.17, 15) is 9.90 Å². The van der Waals surface area contributed by atoms with Crippen LogP contribution in [0.15, 0.2) is 30.6 Å². The summed E-state index contributed by atoms with van der Waals surface area (Å²) in [6.45, 7) is 4.97. The van der Waals surface area contributed by atoms with E-state index in [-0.39, 0.29) is 17.4 Å². The summed E-state index contributed by atoms with van der Waals surface area (Å²) in [5, 5.41) is 10.2. The van der Waals surface area contributed by atoms with E-state index in [1.165, 1.54) is 38.5 Å². The Labute approximate surface area is 181 Å². The third-order valence-corrected chi connectivity index (χ3v) is 10.1. The molecule has 0 bridgehead atoms. The number of fused-ring (bicyclic) bond motifs is 5. The molecule has 0 aromatic carbocycles. The van der Waals surface area contributed by atoms with E-state index < -0.39 is 0 Å². The Balaban J connectivity index is 1.34. The van der Waals surface area contributed by atoms with Crippen LogP contribution in [-0.4, -0.2) is 22.0 Å². The first kappa shape index (κ1) is 20.4. The molecule has 162 valence electrons. The molecule has 4 aliphatic carbocycles. The summed E-state index contributed by atoms with van der Waals surface area (Å²) in [4.78, 5) is 17.3. The number of carbonyl (C=O) groups excluding carboxylic acids is 1. The van der Waals surface area contributed by atoms with Gasteiger partial charge in [-0.25, -0.2) is 0 Å². The van der Waals surface area contributed by atoms with Crippen molar-refractivity contribution in [2.75, 3.05) is 0 Å². The van der Waals surface area contributed by atoms with Gasteiger partial charge in [0.1, 0.15) is 0 Å². The van der Waals surface area contributed by atoms with E-state index in [1.807, 2.05) is 24.3 Å². The fourth-order valence-corrected chi connectivity index (χ4v) is 8.47. The molecule has 1 heterocycles. The zero-order valence-corrected chi connectivity index (χ0v) is 18.6. The Hall–Kier alpha value is -1.48. The van der Waals surface area contributed by atoms with Gasteiger partial charge in [-0.3, -0.25) is 9.78 Å². The standard InChI is InChI=1S/C27H37NO2/c1-26-13-9-20(29)17-19(26)4-5-21-22-6-7-24(27(22,2)14-10-23(21)26)25(30)8-3-18-11-15-28-16-12-18/h3,8,11-12,15-16,19-24,29H,4-7,9-10,13-14,17H2,1-2H3/t19?,20?,21-,22-,23-,24+,26-,27-/m0/s1. The highest BCUT2D eigenvalue weighted by atomic mass is 16.3. The molecular formula is C27H37NO2. The Morgan fingerprint density at radius 2 is 1.73 bits per heavy atom. The number of hydrogen-bond donors (Lipinski definition) is 1. The molecule has 3 heteroatoms. The lowest BCUT2D eigenvalue weighted by Gasteiger charge is -2.60. The Morgan fingerprint density at radius 3 is 2.53 bits per heavy atom. The van der Waals surface area contributed by atoms with Gasteiger partial charge in [-0.15, -0.1) is 0 Å². The second-order valence-electron chi connectivity index (χ2n) is 11.3. The number of carbonyl (C=O) groups is 1. The lowest BCUT2D eigenvalue weighted by Crippen LogP contribution is -2.54. The van der Waals surface area contributed by atoms with Gasteiger partial charge in [-0.05, 0) is 116 Å².